The zero-order chi connectivity index (χ0) is 20.4. The van der Waals surface area contributed by atoms with Crippen LogP contribution in [0, 0.1) is 13.8 Å². The van der Waals surface area contributed by atoms with Crippen molar-refractivity contribution < 1.29 is 14.3 Å². The molecule has 1 fully saturated rings. The first-order valence-electron chi connectivity index (χ1n) is 10.00. The van der Waals surface area contributed by atoms with E-state index in [4.69, 9.17) is 4.42 Å². The fraction of sp³-hybridized carbons (Fsp3) is 0.348. The normalized spacial score (nSPS) is 15.0. The highest BCUT2D eigenvalue weighted by molar-refractivity contribution is 5.99. The zero-order valence-electron chi connectivity index (χ0n) is 17.0. The van der Waals surface area contributed by atoms with E-state index in [-0.39, 0.29) is 11.5 Å². The number of anilines is 1. The van der Waals surface area contributed by atoms with Crippen molar-refractivity contribution >= 4 is 11.5 Å². The fourth-order valence-corrected chi connectivity index (χ4v) is 4.00. The molecule has 0 bridgehead atoms. The van der Waals surface area contributed by atoms with Crippen LogP contribution in [0.4, 0.5) is 5.69 Å². The van der Waals surface area contributed by atoms with Crippen molar-refractivity contribution in [1.29, 1.82) is 0 Å². The quantitative estimate of drug-likeness (QED) is 0.650. The lowest BCUT2D eigenvalue weighted by molar-refractivity contribution is 0.0925. The molecule has 1 N–H and O–H groups in total. The van der Waals surface area contributed by atoms with Gasteiger partial charge in [0, 0.05) is 48.8 Å². The molecule has 6 nitrogen and oxygen atoms in total. The van der Waals surface area contributed by atoms with Crippen molar-refractivity contribution in [2.75, 3.05) is 37.6 Å². The number of carbonyl (C=O) groups excluding carboxylic acids is 1. The summed E-state index contributed by atoms with van der Waals surface area (Å²) in [5, 5.41) is 9.45. The predicted octanol–water partition coefficient (Wildman–Crippen LogP) is 3.46. The predicted molar refractivity (Wildman–Crippen MR) is 113 cm³/mol. The molecule has 4 rings (SSSR count). The van der Waals surface area contributed by atoms with Crippen LogP contribution < -0.4 is 4.90 Å². The maximum absolute atomic E-state index is 13.0. The minimum Gasteiger partial charge on any atom is -0.508 e. The molecule has 6 heteroatoms. The SMILES string of the molecule is Cc1cc(C(=O)CN2CCN(c3ccc(O)cc3)CC2)c(C)n1Cc1ccco1. The number of phenols is 1. The van der Waals surface area contributed by atoms with Gasteiger partial charge in [-0.15, -0.1) is 0 Å². The van der Waals surface area contributed by atoms with E-state index in [0.717, 1.165) is 54.6 Å². The number of aryl methyl sites for hydroxylation is 1. The van der Waals surface area contributed by atoms with Gasteiger partial charge < -0.3 is 19.0 Å². The number of ketones is 1. The lowest BCUT2D eigenvalue weighted by atomic mass is 10.1. The van der Waals surface area contributed by atoms with E-state index in [0.29, 0.717) is 13.1 Å². The van der Waals surface area contributed by atoms with Crippen molar-refractivity contribution in [3.05, 3.63) is 71.4 Å². The van der Waals surface area contributed by atoms with Gasteiger partial charge in [0.1, 0.15) is 11.5 Å². The van der Waals surface area contributed by atoms with Gasteiger partial charge in [0.25, 0.3) is 0 Å². The van der Waals surface area contributed by atoms with Crippen molar-refractivity contribution in [2.45, 2.75) is 20.4 Å². The van der Waals surface area contributed by atoms with Crippen molar-refractivity contribution in [3.63, 3.8) is 0 Å². The molecule has 0 spiro atoms. The number of hydrogen-bond donors (Lipinski definition) is 1. The standard InChI is InChI=1S/C23H27N3O3/c1-17-14-22(18(2)26(17)15-21-4-3-13-29-21)23(28)16-24-9-11-25(12-10-24)19-5-7-20(27)8-6-19/h3-8,13-14,27H,9-12,15-16H2,1-2H3. The average molecular weight is 393 g/mol. The molecule has 0 radical (unpaired) electrons. The number of carbonyl (C=O) groups is 1. The Hall–Kier alpha value is -2.99. The smallest absolute Gasteiger partial charge is 0.178 e. The molecule has 0 aliphatic carbocycles. The summed E-state index contributed by atoms with van der Waals surface area (Å²) in [6.45, 7) is 8.55. The van der Waals surface area contributed by atoms with Crippen molar-refractivity contribution in [1.82, 2.24) is 9.47 Å². The van der Waals surface area contributed by atoms with Crippen LogP contribution in [0.1, 0.15) is 27.5 Å². The Morgan fingerprint density at radius 2 is 1.79 bits per heavy atom. The summed E-state index contributed by atoms with van der Waals surface area (Å²) < 4.78 is 7.59. The second-order valence-electron chi connectivity index (χ2n) is 7.65. The number of Topliss-reactive ketones (excluding diaryl/α,β-unsaturated/α-hetero) is 1. The van der Waals surface area contributed by atoms with Gasteiger partial charge in [0.15, 0.2) is 5.78 Å². The maximum atomic E-state index is 13.0. The lowest BCUT2D eigenvalue weighted by Crippen LogP contribution is -2.48. The van der Waals surface area contributed by atoms with Crippen LogP contribution in [0.5, 0.6) is 5.75 Å². The topological polar surface area (TPSA) is 61.9 Å². The summed E-state index contributed by atoms with van der Waals surface area (Å²) in [6.07, 6.45) is 1.67. The van der Waals surface area contributed by atoms with Crippen LogP contribution in [0.25, 0.3) is 0 Å². The lowest BCUT2D eigenvalue weighted by Gasteiger charge is -2.35. The molecule has 1 saturated heterocycles. The molecular formula is C23H27N3O3. The molecule has 0 saturated carbocycles. The van der Waals surface area contributed by atoms with Gasteiger partial charge >= 0.3 is 0 Å². The number of phenolic OH excluding ortho intramolecular Hbond substituents is 1. The molecule has 3 aromatic rings. The Bertz CT molecular complexity index is 966. The Kier molecular flexibility index (Phi) is 5.45. The molecule has 3 heterocycles. The Morgan fingerprint density at radius 3 is 2.45 bits per heavy atom. The highest BCUT2D eigenvalue weighted by Crippen LogP contribution is 2.21. The summed E-state index contributed by atoms with van der Waals surface area (Å²) in [7, 11) is 0. The number of aromatic hydroxyl groups is 1. The van der Waals surface area contributed by atoms with Crippen molar-refractivity contribution in [3.8, 4) is 5.75 Å². The van der Waals surface area contributed by atoms with Crippen LogP contribution in [-0.2, 0) is 6.54 Å². The van der Waals surface area contributed by atoms with Crippen LogP contribution in [0.3, 0.4) is 0 Å². The molecule has 1 aromatic carbocycles. The molecule has 1 aliphatic heterocycles. The van der Waals surface area contributed by atoms with Gasteiger partial charge in [0.2, 0.25) is 0 Å². The van der Waals surface area contributed by atoms with Crippen LogP contribution in [-0.4, -0.2) is 53.1 Å². The highest BCUT2D eigenvalue weighted by atomic mass is 16.3. The van der Waals surface area contributed by atoms with E-state index < -0.39 is 0 Å². The number of benzene rings is 1. The third-order valence-corrected chi connectivity index (χ3v) is 5.72. The maximum Gasteiger partial charge on any atom is 0.178 e. The van der Waals surface area contributed by atoms with Gasteiger partial charge in [-0.05, 0) is 56.3 Å². The highest BCUT2D eigenvalue weighted by Gasteiger charge is 2.22. The van der Waals surface area contributed by atoms with Gasteiger partial charge in [-0.1, -0.05) is 0 Å². The van der Waals surface area contributed by atoms with Gasteiger partial charge in [-0.25, -0.2) is 0 Å². The second-order valence-corrected chi connectivity index (χ2v) is 7.65. The monoisotopic (exact) mass is 393 g/mol. The van der Waals surface area contributed by atoms with Gasteiger partial charge in [0.05, 0.1) is 19.4 Å². The molecule has 0 atom stereocenters. The number of hydrogen-bond acceptors (Lipinski definition) is 5. The molecule has 0 amide bonds. The van der Waals surface area contributed by atoms with E-state index >= 15 is 0 Å². The van der Waals surface area contributed by atoms with Gasteiger partial charge in [-0.3, -0.25) is 9.69 Å². The number of nitrogens with zero attached hydrogens (tertiary/aromatic N) is 3. The van der Waals surface area contributed by atoms with Crippen molar-refractivity contribution in [2.24, 2.45) is 0 Å². The molecule has 29 heavy (non-hydrogen) atoms. The number of piperazine rings is 1. The minimum absolute atomic E-state index is 0.168. The Morgan fingerprint density at radius 1 is 1.07 bits per heavy atom. The first-order chi connectivity index (χ1) is 14.0. The molecule has 0 unspecified atom stereocenters. The van der Waals surface area contributed by atoms with E-state index in [1.54, 1.807) is 18.4 Å². The molecular weight excluding hydrogens is 366 g/mol. The minimum atomic E-state index is 0.168. The van der Waals surface area contributed by atoms with E-state index in [9.17, 15) is 9.90 Å². The number of aromatic nitrogens is 1. The van der Waals surface area contributed by atoms with Crippen LogP contribution in [0.15, 0.2) is 53.1 Å². The third kappa shape index (κ3) is 4.22. The molecule has 152 valence electrons. The fourth-order valence-electron chi connectivity index (χ4n) is 4.00. The summed E-state index contributed by atoms with van der Waals surface area (Å²) in [5.74, 6) is 1.33. The van der Waals surface area contributed by atoms with Crippen LogP contribution >= 0.6 is 0 Å². The first kappa shape index (κ1) is 19.3. The second kappa shape index (κ2) is 8.17. The largest absolute Gasteiger partial charge is 0.508 e. The van der Waals surface area contributed by atoms with E-state index in [1.807, 2.05) is 44.2 Å². The first-order valence-corrected chi connectivity index (χ1v) is 10.00. The Balaban J connectivity index is 1.37. The van der Waals surface area contributed by atoms with E-state index in [2.05, 4.69) is 14.4 Å². The Labute approximate surface area is 171 Å². The van der Waals surface area contributed by atoms with Gasteiger partial charge in [-0.2, -0.15) is 0 Å². The molecule has 2 aromatic heterocycles. The summed E-state index contributed by atoms with van der Waals surface area (Å²) in [4.78, 5) is 17.5. The number of furan rings is 1. The zero-order valence-corrected chi connectivity index (χ0v) is 17.0. The summed E-state index contributed by atoms with van der Waals surface area (Å²) in [6, 6.07) is 13.1. The van der Waals surface area contributed by atoms with E-state index in [1.165, 1.54) is 0 Å². The summed E-state index contributed by atoms with van der Waals surface area (Å²) >= 11 is 0. The third-order valence-electron chi connectivity index (χ3n) is 5.72. The summed E-state index contributed by atoms with van der Waals surface area (Å²) in [5.41, 5.74) is 3.97. The number of rotatable bonds is 6. The van der Waals surface area contributed by atoms with Crippen LogP contribution in [0.2, 0.25) is 0 Å². The molecule has 1 aliphatic rings. The average Bonchev–Trinajstić information content (AvgIpc) is 3.33.